The van der Waals surface area contributed by atoms with Gasteiger partial charge < -0.3 is 29.3 Å². The molecule has 0 aliphatic carbocycles. The Balaban J connectivity index is 1.30. The first-order chi connectivity index (χ1) is 23.0. The number of fused-ring (bicyclic) bond motifs is 3. The molecule has 48 heavy (non-hydrogen) atoms. The van der Waals surface area contributed by atoms with Crippen LogP contribution in [-0.4, -0.2) is 75.3 Å². The molecule has 4 heterocycles. The summed E-state index contributed by atoms with van der Waals surface area (Å²) in [5.74, 6) is 0.356. The highest BCUT2D eigenvalue weighted by atomic mass is 28.3. The number of aliphatic hydroxyl groups is 1. The summed E-state index contributed by atoms with van der Waals surface area (Å²) in [6, 6.07) is 21.7. The molecule has 0 bridgehead atoms. The van der Waals surface area contributed by atoms with E-state index in [4.69, 9.17) is 9.47 Å². The number of benzene rings is 3. The fourth-order valence-electron chi connectivity index (χ4n) is 9.03. The van der Waals surface area contributed by atoms with E-state index in [0.29, 0.717) is 25.9 Å². The van der Waals surface area contributed by atoms with Gasteiger partial charge in [0.1, 0.15) is 5.75 Å². The number of ether oxygens (including phenoxy) is 2. The SMILES string of the molecule is COc1ccc([Si](C)(C)[C@@H]2[C@@H](CC(=O)N3Cc4ccccc4C[C@H]3CO)O[C@]3(C(=O)N(C)c4ccc(N5CCCC5=O)cc43)[C@H]2C)cc1. The van der Waals surface area contributed by atoms with Crippen LogP contribution in [-0.2, 0) is 37.7 Å². The molecule has 2 fully saturated rings. The minimum absolute atomic E-state index is 0.0815. The van der Waals surface area contributed by atoms with E-state index in [0.717, 1.165) is 40.2 Å². The summed E-state index contributed by atoms with van der Waals surface area (Å²) in [6.07, 6.45) is 1.45. The minimum Gasteiger partial charge on any atom is -0.497 e. The number of carbonyl (C=O) groups is 3. The Labute approximate surface area is 283 Å². The molecular weight excluding hydrogens is 623 g/mol. The second-order valence-corrected chi connectivity index (χ2v) is 19.1. The summed E-state index contributed by atoms with van der Waals surface area (Å²) < 4.78 is 12.6. The number of methoxy groups -OCH3 is 1. The lowest BCUT2D eigenvalue weighted by molar-refractivity contribution is -0.150. The van der Waals surface area contributed by atoms with Crippen molar-refractivity contribution in [3.05, 3.63) is 83.4 Å². The zero-order chi connectivity index (χ0) is 34.0. The van der Waals surface area contributed by atoms with Crippen molar-refractivity contribution in [1.82, 2.24) is 4.90 Å². The van der Waals surface area contributed by atoms with Crippen LogP contribution >= 0.6 is 0 Å². The van der Waals surface area contributed by atoms with Crippen molar-refractivity contribution >= 4 is 42.4 Å². The smallest absolute Gasteiger partial charge is 0.264 e. The van der Waals surface area contributed by atoms with Crippen LogP contribution in [0.3, 0.4) is 0 Å². The van der Waals surface area contributed by atoms with Gasteiger partial charge in [-0.2, -0.15) is 0 Å². The summed E-state index contributed by atoms with van der Waals surface area (Å²) >= 11 is 0. The molecule has 3 amide bonds. The van der Waals surface area contributed by atoms with E-state index in [2.05, 4.69) is 38.2 Å². The van der Waals surface area contributed by atoms with Crippen molar-refractivity contribution in [2.45, 2.75) is 75.5 Å². The number of likely N-dealkylation sites (N-methyl/N-ethyl adjacent to an activating group) is 1. The lowest BCUT2D eigenvalue weighted by Crippen LogP contribution is -2.52. The average molecular weight is 668 g/mol. The molecule has 0 radical (unpaired) electrons. The molecule has 1 spiro atoms. The third kappa shape index (κ3) is 4.99. The number of amides is 3. The van der Waals surface area contributed by atoms with Crippen LogP contribution in [0.15, 0.2) is 66.7 Å². The molecular formula is C38H45N3O6Si. The van der Waals surface area contributed by atoms with Crippen LogP contribution in [0.2, 0.25) is 18.6 Å². The zero-order valence-electron chi connectivity index (χ0n) is 28.4. The van der Waals surface area contributed by atoms with Crippen molar-refractivity contribution in [1.29, 1.82) is 0 Å². The molecule has 0 unspecified atom stereocenters. The third-order valence-electron chi connectivity index (χ3n) is 11.6. The lowest BCUT2D eigenvalue weighted by Gasteiger charge is -2.39. The minimum atomic E-state index is -2.46. The number of hydrogen-bond acceptors (Lipinski definition) is 6. The molecule has 9 nitrogen and oxygen atoms in total. The van der Waals surface area contributed by atoms with Crippen LogP contribution in [0.1, 0.15) is 42.9 Å². The molecule has 4 aliphatic heterocycles. The molecule has 2 saturated heterocycles. The van der Waals surface area contributed by atoms with Gasteiger partial charge in [-0.3, -0.25) is 14.4 Å². The fraction of sp³-hybridized carbons (Fsp3) is 0.447. The summed E-state index contributed by atoms with van der Waals surface area (Å²) in [5, 5.41) is 11.6. The topological polar surface area (TPSA) is 99.6 Å². The van der Waals surface area contributed by atoms with Gasteiger partial charge in [-0.15, -0.1) is 0 Å². The monoisotopic (exact) mass is 667 g/mol. The van der Waals surface area contributed by atoms with E-state index >= 15 is 0 Å². The summed E-state index contributed by atoms with van der Waals surface area (Å²) in [7, 11) is 0.972. The van der Waals surface area contributed by atoms with E-state index in [1.165, 1.54) is 5.19 Å². The van der Waals surface area contributed by atoms with Crippen LogP contribution in [0.25, 0.3) is 0 Å². The van der Waals surface area contributed by atoms with Gasteiger partial charge >= 0.3 is 0 Å². The summed E-state index contributed by atoms with van der Waals surface area (Å²) in [5.41, 5.74) is 3.13. The standard InChI is InChI=1S/C38H45N3O6Si/c1-24-36(48(4,5)30-15-13-29(46-3)14-16-30)33(21-35(44)41-22-26-10-7-6-9-25(26)19-28(41)23-42)47-38(24)31-20-27(40-18-8-11-34(40)43)12-17-32(31)39(2)37(38)45/h6-7,9-10,12-17,20,24,28,33,36,42H,8,11,18-19,21-23H2,1-5H3/t24-,28-,33+,36-,38+/m0/s1. The van der Waals surface area contributed by atoms with Gasteiger partial charge in [0.25, 0.3) is 5.91 Å². The van der Waals surface area contributed by atoms with E-state index in [9.17, 15) is 19.5 Å². The van der Waals surface area contributed by atoms with Crippen LogP contribution < -0.4 is 19.7 Å². The first-order valence-electron chi connectivity index (χ1n) is 17.0. The van der Waals surface area contributed by atoms with Gasteiger partial charge in [-0.05, 0) is 59.8 Å². The number of hydrogen-bond donors (Lipinski definition) is 1. The molecule has 3 aromatic carbocycles. The van der Waals surface area contributed by atoms with E-state index in [1.807, 2.05) is 48.5 Å². The Kier molecular flexibility index (Phi) is 8.24. The zero-order valence-corrected chi connectivity index (χ0v) is 29.4. The fourth-order valence-corrected chi connectivity index (χ4v) is 13.0. The Bertz CT molecular complexity index is 1760. The molecule has 1 N–H and O–H groups in total. The van der Waals surface area contributed by atoms with Gasteiger partial charge in [0, 0.05) is 43.7 Å². The first-order valence-corrected chi connectivity index (χ1v) is 20.1. The molecule has 4 aliphatic rings. The van der Waals surface area contributed by atoms with Crippen LogP contribution in [0.4, 0.5) is 11.4 Å². The van der Waals surface area contributed by atoms with E-state index < -0.39 is 19.8 Å². The average Bonchev–Trinajstić information content (AvgIpc) is 3.72. The van der Waals surface area contributed by atoms with Gasteiger partial charge in [-0.1, -0.05) is 61.6 Å². The van der Waals surface area contributed by atoms with Crippen molar-refractivity contribution in [2.75, 3.05) is 37.1 Å². The molecule has 5 atom stereocenters. The van der Waals surface area contributed by atoms with E-state index in [1.54, 1.807) is 28.9 Å². The Morgan fingerprint density at radius 2 is 1.79 bits per heavy atom. The van der Waals surface area contributed by atoms with Crippen molar-refractivity contribution in [3.63, 3.8) is 0 Å². The molecule has 10 heteroatoms. The highest BCUT2D eigenvalue weighted by Gasteiger charge is 2.66. The number of carbonyl (C=O) groups excluding carboxylic acids is 3. The largest absolute Gasteiger partial charge is 0.497 e. The van der Waals surface area contributed by atoms with Gasteiger partial charge in [0.15, 0.2) is 5.60 Å². The maximum absolute atomic E-state index is 14.5. The van der Waals surface area contributed by atoms with Crippen molar-refractivity contribution in [3.8, 4) is 5.75 Å². The van der Waals surface area contributed by atoms with Crippen molar-refractivity contribution in [2.24, 2.45) is 5.92 Å². The quantitative estimate of drug-likeness (QED) is 0.377. The molecule has 0 saturated carbocycles. The highest BCUT2D eigenvalue weighted by Crippen LogP contribution is 2.60. The second-order valence-electron chi connectivity index (χ2n) is 14.4. The first kappa shape index (κ1) is 32.5. The number of anilines is 2. The van der Waals surface area contributed by atoms with Crippen molar-refractivity contribution < 1.29 is 29.0 Å². The molecule has 252 valence electrons. The molecule has 0 aromatic heterocycles. The molecule has 3 aromatic rings. The maximum atomic E-state index is 14.5. The second kappa shape index (κ2) is 12.2. The van der Waals surface area contributed by atoms with Gasteiger partial charge in [0.2, 0.25) is 11.8 Å². The highest BCUT2D eigenvalue weighted by molar-refractivity contribution is 6.91. The Morgan fingerprint density at radius 1 is 1.06 bits per heavy atom. The summed E-state index contributed by atoms with van der Waals surface area (Å²) in [4.78, 5) is 47.0. The number of nitrogens with zero attached hydrogens (tertiary/aromatic N) is 3. The normalized spacial score (nSPS) is 26.8. The van der Waals surface area contributed by atoms with E-state index in [-0.39, 0.29) is 48.3 Å². The van der Waals surface area contributed by atoms with Gasteiger partial charge in [0.05, 0.1) is 46.0 Å². The lowest BCUT2D eigenvalue weighted by atomic mass is 9.82. The van der Waals surface area contributed by atoms with Gasteiger partial charge in [-0.25, -0.2) is 0 Å². The Hall–Kier alpha value is -3.99. The van der Waals surface area contributed by atoms with Crippen LogP contribution in [0.5, 0.6) is 5.75 Å². The number of rotatable bonds is 7. The maximum Gasteiger partial charge on any atom is 0.264 e. The van der Waals surface area contributed by atoms with Crippen LogP contribution in [0, 0.1) is 5.92 Å². The molecule has 7 rings (SSSR count). The predicted octanol–water partition coefficient (Wildman–Crippen LogP) is 4.35. The Morgan fingerprint density at radius 3 is 2.46 bits per heavy atom. The predicted molar refractivity (Wildman–Crippen MR) is 187 cm³/mol. The number of aliphatic hydroxyl groups excluding tert-OH is 1. The summed E-state index contributed by atoms with van der Waals surface area (Å²) in [6.45, 7) is 7.65. The third-order valence-corrected chi connectivity index (χ3v) is 16.0.